The van der Waals surface area contributed by atoms with Gasteiger partial charge in [0.2, 0.25) is 0 Å². The Morgan fingerprint density at radius 2 is 1.77 bits per heavy atom. The zero-order chi connectivity index (χ0) is 21.5. The molecule has 1 saturated heterocycles. The largest absolute Gasteiger partial charge is 0.422 e. The molecule has 1 aliphatic rings. The molecule has 1 aliphatic heterocycles. The SMILES string of the molecule is Cc1ccc2c(CN3C(=O)N[C@@](C)(CCc4ccccc4)C3=O)cc(=O)oc2c1C. The molecule has 2 heterocycles. The summed E-state index contributed by atoms with van der Waals surface area (Å²) in [6.07, 6.45) is 1.17. The van der Waals surface area contributed by atoms with E-state index in [1.54, 1.807) is 6.92 Å². The molecule has 1 aromatic heterocycles. The Bertz CT molecular complexity index is 1200. The molecule has 1 fully saturated rings. The third kappa shape index (κ3) is 3.49. The summed E-state index contributed by atoms with van der Waals surface area (Å²) in [4.78, 5) is 39.1. The van der Waals surface area contributed by atoms with Crippen LogP contribution in [0.25, 0.3) is 11.0 Å². The van der Waals surface area contributed by atoms with Crippen LogP contribution >= 0.6 is 0 Å². The van der Waals surface area contributed by atoms with E-state index < -0.39 is 17.2 Å². The van der Waals surface area contributed by atoms with Crippen molar-refractivity contribution < 1.29 is 14.0 Å². The molecule has 3 amide bonds. The van der Waals surface area contributed by atoms with Gasteiger partial charge in [-0.1, -0.05) is 42.5 Å². The lowest BCUT2D eigenvalue weighted by Crippen LogP contribution is -2.44. The number of aryl methyl sites for hydroxylation is 3. The smallest absolute Gasteiger partial charge is 0.336 e. The first-order chi connectivity index (χ1) is 14.3. The van der Waals surface area contributed by atoms with Crippen LogP contribution in [0.3, 0.4) is 0 Å². The van der Waals surface area contributed by atoms with Crippen molar-refractivity contribution in [2.45, 2.75) is 45.7 Å². The predicted octanol–water partition coefficient (Wildman–Crippen LogP) is 3.85. The van der Waals surface area contributed by atoms with Crippen LogP contribution in [-0.4, -0.2) is 22.4 Å². The Morgan fingerprint density at radius 3 is 2.50 bits per heavy atom. The van der Waals surface area contributed by atoms with E-state index >= 15 is 0 Å². The van der Waals surface area contributed by atoms with E-state index in [9.17, 15) is 14.4 Å². The molecular formula is C24H24N2O4. The van der Waals surface area contributed by atoms with E-state index in [0.717, 1.165) is 22.1 Å². The summed E-state index contributed by atoms with van der Waals surface area (Å²) in [5.74, 6) is -0.284. The maximum atomic E-state index is 13.1. The second kappa shape index (κ2) is 7.44. The summed E-state index contributed by atoms with van der Waals surface area (Å²) >= 11 is 0. The Morgan fingerprint density at radius 1 is 1.03 bits per heavy atom. The van der Waals surface area contributed by atoms with Crippen molar-refractivity contribution in [3.8, 4) is 0 Å². The van der Waals surface area contributed by atoms with Gasteiger partial charge in [0.15, 0.2) is 0 Å². The number of nitrogens with one attached hydrogen (secondary N) is 1. The van der Waals surface area contributed by atoms with E-state index in [2.05, 4.69) is 5.32 Å². The van der Waals surface area contributed by atoms with Gasteiger partial charge >= 0.3 is 11.7 Å². The van der Waals surface area contributed by atoms with E-state index in [-0.39, 0.29) is 12.5 Å². The number of nitrogens with zero attached hydrogens (tertiary/aromatic N) is 1. The van der Waals surface area contributed by atoms with Gasteiger partial charge in [-0.25, -0.2) is 9.59 Å². The van der Waals surface area contributed by atoms with Crippen LogP contribution in [0.15, 0.2) is 57.7 Å². The van der Waals surface area contributed by atoms with Gasteiger partial charge < -0.3 is 9.73 Å². The summed E-state index contributed by atoms with van der Waals surface area (Å²) in [6.45, 7) is 5.60. The molecular weight excluding hydrogens is 380 g/mol. The van der Waals surface area contributed by atoms with Crippen molar-refractivity contribution in [1.82, 2.24) is 10.2 Å². The van der Waals surface area contributed by atoms with Crippen LogP contribution in [0.1, 0.15) is 35.6 Å². The molecule has 1 N–H and O–H groups in total. The van der Waals surface area contributed by atoms with Crippen molar-refractivity contribution in [3.05, 3.63) is 81.2 Å². The lowest BCUT2D eigenvalue weighted by molar-refractivity contribution is -0.131. The van der Waals surface area contributed by atoms with Gasteiger partial charge in [-0.2, -0.15) is 0 Å². The monoisotopic (exact) mass is 404 g/mol. The first-order valence-corrected chi connectivity index (χ1v) is 9.99. The average Bonchev–Trinajstić information content (AvgIpc) is 2.94. The quantitative estimate of drug-likeness (QED) is 0.517. The summed E-state index contributed by atoms with van der Waals surface area (Å²) in [5.41, 5.74) is 2.61. The van der Waals surface area contributed by atoms with Gasteiger partial charge in [-0.15, -0.1) is 0 Å². The summed E-state index contributed by atoms with van der Waals surface area (Å²) in [5, 5.41) is 3.57. The van der Waals surface area contributed by atoms with E-state index in [1.165, 1.54) is 11.0 Å². The Kier molecular flexibility index (Phi) is 4.94. The molecule has 0 spiro atoms. The van der Waals surface area contributed by atoms with Gasteiger partial charge in [-0.3, -0.25) is 9.69 Å². The van der Waals surface area contributed by atoms with Crippen LogP contribution in [0.2, 0.25) is 0 Å². The molecule has 0 unspecified atom stereocenters. The molecule has 4 rings (SSSR count). The number of hydrogen-bond donors (Lipinski definition) is 1. The summed E-state index contributed by atoms with van der Waals surface area (Å²) in [6, 6.07) is 14.6. The van der Waals surface area contributed by atoms with Crippen LogP contribution in [0, 0.1) is 13.8 Å². The number of rotatable bonds is 5. The highest BCUT2D eigenvalue weighted by molar-refractivity contribution is 6.07. The van der Waals surface area contributed by atoms with Gasteiger partial charge in [0.05, 0.1) is 6.54 Å². The van der Waals surface area contributed by atoms with Crippen LogP contribution in [-0.2, 0) is 17.8 Å². The summed E-state index contributed by atoms with van der Waals surface area (Å²) < 4.78 is 5.40. The second-order valence-corrected chi connectivity index (χ2v) is 8.11. The Labute approximate surface area is 174 Å². The number of benzene rings is 2. The lowest BCUT2D eigenvalue weighted by Gasteiger charge is -2.22. The Hall–Kier alpha value is -3.41. The second-order valence-electron chi connectivity index (χ2n) is 8.11. The number of amides is 3. The standard InChI is InChI=1S/C24H24N2O4/c1-15-9-10-19-18(13-20(27)30-21(19)16(15)2)14-26-22(28)24(3,25-23(26)29)12-11-17-7-5-4-6-8-17/h4-10,13H,11-12,14H2,1-3H3,(H,25,29)/t24-/m0/s1. The van der Waals surface area contributed by atoms with Crippen molar-refractivity contribution in [2.75, 3.05) is 0 Å². The van der Waals surface area contributed by atoms with Crippen molar-refractivity contribution in [1.29, 1.82) is 0 Å². The van der Waals surface area contributed by atoms with Gasteiger partial charge in [0, 0.05) is 11.5 Å². The van der Waals surface area contributed by atoms with Gasteiger partial charge in [0.25, 0.3) is 5.91 Å². The fourth-order valence-electron chi connectivity index (χ4n) is 3.92. The maximum absolute atomic E-state index is 13.1. The third-order valence-electron chi connectivity index (χ3n) is 5.95. The molecule has 6 heteroatoms. The average molecular weight is 404 g/mol. The van der Waals surface area contributed by atoms with Crippen LogP contribution in [0.5, 0.6) is 0 Å². The normalized spacial score (nSPS) is 18.8. The van der Waals surface area contributed by atoms with Gasteiger partial charge in [-0.05, 0) is 55.9 Å². The molecule has 154 valence electrons. The molecule has 1 atom stereocenters. The molecule has 0 saturated carbocycles. The minimum atomic E-state index is -0.977. The van der Waals surface area contributed by atoms with E-state index in [1.807, 2.05) is 56.3 Å². The number of imide groups is 1. The van der Waals surface area contributed by atoms with Gasteiger partial charge in [0.1, 0.15) is 11.1 Å². The topological polar surface area (TPSA) is 79.6 Å². The summed E-state index contributed by atoms with van der Waals surface area (Å²) in [7, 11) is 0. The minimum Gasteiger partial charge on any atom is -0.422 e. The highest BCUT2D eigenvalue weighted by atomic mass is 16.4. The molecule has 30 heavy (non-hydrogen) atoms. The molecule has 3 aromatic rings. The lowest BCUT2D eigenvalue weighted by atomic mass is 9.93. The van der Waals surface area contributed by atoms with Crippen molar-refractivity contribution >= 4 is 22.9 Å². The minimum absolute atomic E-state index is 0.0240. The first-order valence-electron chi connectivity index (χ1n) is 9.99. The fourth-order valence-corrected chi connectivity index (χ4v) is 3.92. The molecule has 6 nitrogen and oxygen atoms in total. The number of fused-ring (bicyclic) bond motifs is 1. The number of urea groups is 1. The third-order valence-corrected chi connectivity index (χ3v) is 5.95. The number of carbonyl (C=O) groups is 2. The maximum Gasteiger partial charge on any atom is 0.336 e. The first kappa shape index (κ1) is 19.9. The van der Waals surface area contributed by atoms with Crippen LogP contribution in [0.4, 0.5) is 4.79 Å². The molecule has 0 radical (unpaired) electrons. The zero-order valence-corrected chi connectivity index (χ0v) is 17.3. The number of carbonyl (C=O) groups excluding carboxylic acids is 2. The molecule has 0 aliphatic carbocycles. The zero-order valence-electron chi connectivity index (χ0n) is 17.3. The van der Waals surface area contributed by atoms with E-state index in [4.69, 9.17) is 4.42 Å². The number of hydrogen-bond acceptors (Lipinski definition) is 4. The Balaban J connectivity index is 1.61. The highest BCUT2D eigenvalue weighted by Crippen LogP contribution is 2.28. The fraction of sp³-hybridized carbons (Fsp3) is 0.292. The predicted molar refractivity (Wildman–Crippen MR) is 114 cm³/mol. The molecule has 2 aromatic carbocycles. The van der Waals surface area contributed by atoms with Crippen LogP contribution < -0.4 is 10.9 Å². The van der Waals surface area contributed by atoms with Crippen molar-refractivity contribution in [2.24, 2.45) is 0 Å². The highest BCUT2D eigenvalue weighted by Gasteiger charge is 2.47. The van der Waals surface area contributed by atoms with Crippen molar-refractivity contribution in [3.63, 3.8) is 0 Å². The molecule has 0 bridgehead atoms. The van der Waals surface area contributed by atoms with E-state index in [0.29, 0.717) is 24.0 Å².